The Hall–Kier alpha value is -1.86. The number of hydrogen-bond acceptors (Lipinski definition) is 1. The van der Waals surface area contributed by atoms with E-state index in [-0.39, 0.29) is 0 Å². The molecule has 1 fully saturated rings. The summed E-state index contributed by atoms with van der Waals surface area (Å²) in [7, 11) is 0. The summed E-state index contributed by atoms with van der Waals surface area (Å²) in [5.41, 5.74) is 5.51. The van der Waals surface area contributed by atoms with Gasteiger partial charge in [-0.15, -0.1) is 0 Å². The Bertz CT molecular complexity index is 675. The molecule has 2 aromatic rings. The zero-order valence-electron chi connectivity index (χ0n) is 16.8. The number of benzene rings is 2. The SMILES string of the molecule is C=Cc1ccc(C2CCC(c3ccc(COCCCCC)cc3)CC2)cc1. The third-order valence-electron chi connectivity index (χ3n) is 5.98. The minimum absolute atomic E-state index is 0.716. The molecule has 27 heavy (non-hydrogen) atoms. The lowest BCUT2D eigenvalue weighted by molar-refractivity contribution is 0.117. The van der Waals surface area contributed by atoms with Gasteiger partial charge >= 0.3 is 0 Å². The number of hydrogen-bond donors (Lipinski definition) is 0. The van der Waals surface area contributed by atoms with Gasteiger partial charge in [-0.1, -0.05) is 81.0 Å². The number of unbranched alkanes of at least 4 members (excludes halogenated alkanes) is 2. The van der Waals surface area contributed by atoms with Gasteiger partial charge in [0, 0.05) is 6.61 Å². The normalized spacial score (nSPS) is 19.7. The molecule has 0 radical (unpaired) electrons. The molecule has 0 atom stereocenters. The summed E-state index contributed by atoms with van der Waals surface area (Å²) in [4.78, 5) is 0. The molecule has 0 spiro atoms. The standard InChI is InChI=1S/C26H34O/c1-3-5-6-19-27-20-22-9-13-24(14-10-22)26-17-15-25(16-18-26)23-11-7-21(4-2)8-12-23/h4,7-14,25-26H,2-3,5-6,15-20H2,1H3. The van der Waals surface area contributed by atoms with Gasteiger partial charge in [-0.05, 0) is 66.2 Å². The van der Waals surface area contributed by atoms with E-state index >= 15 is 0 Å². The fraction of sp³-hybridized carbons (Fsp3) is 0.462. The summed E-state index contributed by atoms with van der Waals surface area (Å²) in [6.45, 7) is 7.70. The maximum atomic E-state index is 5.78. The molecule has 144 valence electrons. The zero-order valence-corrected chi connectivity index (χ0v) is 16.8. The highest BCUT2D eigenvalue weighted by Crippen LogP contribution is 2.40. The second kappa shape index (κ2) is 10.5. The van der Waals surface area contributed by atoms with Gasteiger partial charge in [-0.3, -0.25) is 0 Å². The van der Waals surface area contributed by atoms with Crippen molar-refractivity contribution in [2.24, 2.45) is 0 Å². The van der Waals surface area contributed by atoms with Crippen LogP contribution in [0.15, 0.2) is 55.1 Å². The van der Waals surface area contributed by atoms with E-state index in [2.05, 4.69) is 62.0 Å². The Morgan fingerprint density at radius 1 is 0.852 bits per heavy atom. The van der Waals surface area contributed by atoms with E-state index in [4.69, 9.17) is 4.74 Å². The van der Waals surface area contributed by atoms with Crippen molar-refractivity contribution in [3.8, 4) is 0 Å². The van der Waals surface area contributed by atoms with Crippen LogP contribution in [-0.2, 0) is 11.3 Å². The molecule has 0 aliphatic heterocycles. The van der Waals surface area contributed by atoms with Crippen LogP contribution >= 0.6 is 0 Å². The first-order chi connectivity index (χ1) is 13.3. The molecule has 0 saturated heterocycles. The van der Waals surface area contributed by atoms with Gasteiger partial charge in [0.15, 0.2) is 0 Å². The Kier molecular flexibility index (Phi) is 7.71. The molecule has 1 saturated carbocycles. The molecule has 0 N–H and O–H groups in total. The molecule has 1 aliphatic rings. The van der Waals surface area contributed by atoms with Crippen molar-refractivity contribution < 1.29 is 4.74 Å². The van der Waals surface area contributed by atoms with Crippen LogP contribution in [0, 0.1) is 0 Å². The molecule has 3 rings (SSSR count). The summed E-state index contributed by atoms with van der Waals surface area (Å²) in [6, 6.07) is 18.1. The average Bonchev–Trinajstić information content (AvgIpc) is 2.74. The van der Waals surface area contributed by atoms with Crippen molar-refractivity contribution in [3.05, 3.63) is 77.4 Å². The molecule has 0 aromatic heterocycles. The van der Waals surface area contributed by atoms with Crippen LogP contribution in [0.2, 0.25) is 0 Å². The summed E-state index contributed by atoms with van der Waals surface area (Å²) < 4.78 is 5.78. The first-order valence-electron chi connectivity index (χ1n) is 10.7. The molecule has 0 unspecified atom stereocenters. The van der Waals surface area contributed by atoms with Crippen LogP contribution in [0.1, 0.15) is 86.0 Å². The maximum Gasteiger partial charge on any atom is 0.0716 e. The first-order valence-corrected chi connectivity index (χ1v) is 10.7. The zero-order chi connectivity index (χ0) is 18.9. The third-order valence-corrected chi connectivity index (χ3v) is 5.98. The largest absolute Gasteiger partial charge is 0.377 e. The highest BCUT2D eigenvalue weighted by Gasteiger charge is 2.23. The fourth-order valence-electron chi connectivity index (χ4n) is 4.19. The third kappa shape index (κ3) is 5.81. The van der Waals surface area contributed by atoms with Gasteiger partial charge < -0.3 is 4.74 Å². The van der Waals surface area contributed by atoms with Crippen molar-refractivity contribution in [3.63, 3.8) is 0 Å². The molecule has 2 aromatic carbocycles. The Morgan fingerprint density at radius 3 is 1.93 bits per heavy atom. The lowest BCUT2D eigenvalue weighted by Crippen LogP contribution is -2.12. The smallest absolute Gasteiger partial charge is 0.0716 e. The summed E-state index contributed by atoms with van der Waals surface area (Å²) >= 11 is 0. The van der Waals surface area contributed by atoms with Gasteiger partial charge in [0.1, 0.15) is 0 Å². The van der Waals surface area contributed by atoms with E-state index in [1.165, 1.54) is 67.2 Å². The van der Waals surface area contributed by atoms with Gasteiger partial charge in [0.25, 0.3) is 0 Å². The van der Waals surface area contributed by atoms with Crippen LogP contribution in [0.5, 0.6) is 0 Å². The van der Waals surface area contributed by atoms with Crippen LogP contribution < -0.4 is 0 Å². The van der Waals surface area contributed by atoms with E-state index in [9.17, 15) is 0 Å². The second-order valence-electron chi connectivity index (χ2n) is 7.92. The highest BCUT2D eigenvalue weighted by atomic mass is 16.5. The van der Waals surface area contributed by atoms with Crippen LogP contribution in [0.4, 0.5) is 0 Å². The van der Waals surface area contributed by atoms with Crippen molar-refractivity contribution in [2.75, 3.05) is 6.61 Å². The van der Waals surface area contributed by atoms with E-state index in [1.807, 2.05) is 6.08 Å². The predicted molar refractivity (Wildman–Crippen MR) is 116 cm³/mol. The quantitative estimate of drug-likeness (QED) is 0.420. The number of ether oxygens (including phenoxy) is 1. The first kappa shape index (κ1) is 19.9. The molecule has 0 bridgehead atoms. The summed E-state index contributed by atoms with van der Waals surface area (Å²) in [5, 5.41) is 0. The molecular weight excluding hydrogens is 328 g/mol. The van der Waals surface area contributed by atoms with Crippen molar-refractivity contribution in [2.45, 2.75) is 70.3 Å². The van der Waals surface area contributed by atoms with Crippen molar-refractivity contribution in [1.29, 1.82) is 0 Å². The average molecular weight is 363 g/mol. The minimum atomic E-state index is 0.716. The minimum Gasteiger partial charge on any atom is -0.377 e. The van der Waals surface area contributed by atoms with Crippen molar-refractivity contribution >= 4 is 6.08 Å². The van der Waals surface area contributed by atoms with E-state index in [1.54, 1.807) is 0 Å². The van der Waals surface area contributed by atoms with Crippen LogP contribution in [0.25, 0.3) is 6.08 Å². The number of rotatable bonds is 9. The topological polar surface area (TPSA) is 9.23 Å². The molecule has 0 amide bonds. The predicted octanol–water partition coefficient (Wildman–Crippen LogP) is 7.48. The molecule has 1 nitrogen and oxygen atoms in total. The monoisotopic (exact) mass is 362 g/mol. The van der Waals surface area contributed by atoms with Crippen LogP contribution in [-0.4, -0.2) is 6.61 Å². The molecular formula is C26H34O. The second-order valence-corrected chi connectivity index (χ2v) is 7.92. The van der Waals surface area contributed by atoms with E-state index < -0.39 is 0 Å². The van der Waals surface area contributed by atoms with Gasteiger partial charge in [-0.25, -0.2) is 0 Å². The Balaban J connectivity index is 1.46. The summed E-state index contributed by atoms with van der Waals surface area (Å²) in [6.07, 6.45) is 10.8. The molecule has 0 heterocycles. The lowest BCUT2D eigenvalue weighted by Gasteiger charge is -2.29. The maximum absolute atomic E-state index is 5.78. The van der Waals surface area contributed by atoms with Crippen molar-refractivity contribution in [1.82, 2.24) is 0 Å². The van der Waals surface area contributed by atoms with Crippen LogP contribution in [0.3, 0.4) is 0 Å². The highest BCUT2D eigenvalue weighted by molar-refractivity contribution is 5.47. The lowest BCUT2D eigenvalue weighted by atomic mass is 9.76. The van der Waals surface area contributed by atoms with E-state index in [0.717, 1.165) is 19.1 Å². The Labute approximate surface area is 165 Å². The van der Waals surface area contributed by atoms with E-state index in [0.29, 0.717) is 5.92 Å². The van der Waals surface area contributed by atoms with Gasteiger partial charge in [0.05, 0.1) is 6.61 Å². The Morgan fingerprint density at radius 2 is 1.41 bits per heavy atom. The molecule has 1 heteroatoms. The van der Waals surface area contributed by atoms with Gasteiger partial charge in [-0.2, -0.15) is 0 Å². The summed E-state index contributed by atoms with van der Waals surface area (Å²) in [5.74, 6) is 1.43. The van der Waals surface area contributed by atoms with Gasteiger partial charge in [0.2, 0.25) is 0 Å². The molecule has 1 aliphatic carbocycles. The fourth-order valence-corrected chi connectivity index (χ4v) is 4.19.